The molecule has 7 nitrogen and oxygen atoms in total. The maximum Gasteiger partial charge on any atom is 0.282 e. The third-order valence-electron chi connectivity index (χ3n) is 4.85. The molecule has 2 aromatic carbocycles. The van der Waals surface area contributed by atoms with Crippen LogP contribution in [0.1, 0.15) is 12.5 Å². The van der Waals surface area contributed by atoms with Crippen molar-refractivity contribution in [1.29, 1.82) is 0 Å². The standard InChI is InChI=1S/C23H19N3O4S2/c1-14-17(21(27)26(24-14)16-7-5-4-6-8-16)13-25-22(28)20(32-23(25)31)12-15-9-10-18(29-2)19(11-15)30-3/h4-13H,1-3H3/b17-13-,20-12+. The van der Waals surface area contributed by atoms with Gasteiger partial charge < -0.3 is 9.47 Å². The van der Waals surface area contributed by atoms with E-state index < -0.39 is 0 Å². The van der Waals surface area contributed by atoms with E-state index in [0.29, 0.717) is 37.7 Å². The quantitative estimate of drug-likeness (QED) is 0.487. The Balaban J connectivity index is 1.60. The van der Waals surface area contributed by atoms with Crippen LogP contribution in [-0.4, -0.2) is 41.0 Å². The van der Waals surface area contributed by atoms with Crippen molar-refractivity contribution in [3.63, 3.8) is 0 Å². The molecule has 0 aromatic heterocycles. The van der Waals surface area contributed by atoms with Crippen LogP contribution in [-0.2, 0) is 9.59 Å². The predicted molar refractivity (Wildman–Crippen MR) is 130 cm³/mol. The molecule has 0 N–H and O–H groups in total. The Morgan fingerprint density at radius 2 is 1.72 bits per heavy atom. The third kappa shape index (κ3) is 4.04. The van der Waals surface area contributed by atoms with Gasteiger partial charge in [-0.15, -0.1) is 0 Å². The zero-order chi connectivity index (χ0) is 22.8. The van der Waals surface area contributed by atoms with Crippen molar-refractivity contribution < 1.29 is 19.1 Å². The van der Waals surface area contributed by atoms with Crippen LogP contribution in [0, 0.1) is 0 Å². The Morgan fingerprint density at radius 3 is 2.41 bits per heavy atom. The van der Waals surface area contributed by atoms with Gasteiger partial charge in [0.25, 0.3) is 11.8 Å². The summed E-state index contributed by atoms with van der Waals surface area (Å²) in [5, 5.41) is 5.66. The summed E-state index contributed by atoms with van der Waals surface area (Å²) in [5.74, 6) is 0.537. The topological polar surface area (TPSA) is 71.4 Å². The fourth-order valence-electron chi connectivity index (χ4n) is 3.23. The van der Waals surface area contributed by atoms with E-state index in [0.717, 1.165) is 5.56 Å². The fourth-order valence-corrected chi connectivity index (χ4v) is 4.43. The predicted octanol–water partition coefficient (Wildman–Crippen LogP) is 4.21. The number of nitrogens with zero attached hydrogens (tertiary/aromatic N) is 3. The van der Waals surface area contributed by atoms with Gasteiger partial charge in [-0.2, -0.15) is 10.1 Å². The average molecular weight is 466 g/mol. The molecule has 2 aromatic rings. The van der Waals surface area contributed by atoms with Crippen molar-refractivity contribution in [2.75, 3.05) is 19.2 Å². The lowest BCUT2D eigenvalue weighted by Crippen LogP contribution is -2.26. The number of thiocarbonyl (C=S) groups is 1. The van der Waals surface area contributed by atoms with Crippen LogP contribution in [0.25, 0.3) is 6.08 Å². The highest BCUT2D eigenvalue weighted by molar-refractivity contribution is 8.26. The second-order valence-corrected chi connectivity index (χ2v) is 8.52. The van der Waals surface area contributed by atoms with E-state index in [-0.39, 0.29) is 11.8 Å². The molecule has 9 heteroatoms. The van der Waals surface area contributed by atoms with Crippen LogP contribution in [0.2, 0.25) is 0 Å². The molecule has 32 heavy (non-hydrogen) atoms. The minimum atomic E-state index is -0.313. The van der Waals surface area contributed by atoms with Gasteiger partial charge in [0.15, 0.2) is 15.8 Å². The number of thioether (sulfide) groups is 1. The number of hydrazone groups is 1. The maximum absolute atomic E-state index is 13.0. The first kappa shape index (κ1) is 21.8. The van der Waals surface area contributed by atoms with Gasteiger partial charge in [-0.3, -0.25) is 14.5 Å². The van der Waals surface area contributed by atoms with Gasteiger partial charge in [0.05, 0.1) is 36.1 Å². The van der Waals surface area contributed by atoms with Gasteiger partial charge in [-0.05, 0) is 42.8 Å². The third-order valence-corrected chi connectivity index (χ3v) is 6.18. The minimum absolute atomic E-state index is 0.305. The van der Waals surface area contributed by atoms with E-state index in [1.807, 2.05) is 24.3 Å². The van der Waals surface area contributed by atoms with Crippen LogP contribution in [0.15, 0.2) is 70.3 Å². The Kier molecular flexibility index (Phi) is 6.11. The van der Waals surface area contributed by atoms with E-state index in [1.54, 1.807) is 51.5 Å². The molecule has 162 valence electrons. The van der Waals surface area contributed by atoms with Crippen LogP contribution in [0.4, 0.5) is 5.69 Å². The summed E-state index contributed by atoms with van der Waals surface area (Å²) in [6, 6.07) is 14.5. The van der Waals surface area contributed by atoms with Crippen LogP contribution in [0.3, 0.4) is 0 Å². The van der Waals surface area contributed by atoms with Crippen molar-refractivity contribution in [2.24, 2.45) is 5.10 Å². The zero-order valence-electron chi connectivity index (χ0n) is 17.6. The Morgan fingerprint density at radius 1 is 1.00 bits per heavy atom. The summed E-state index contributed by atoms with van der Waals surface area (Å²) >= 11 is 6.58. The van der Waals surface area contributed by atoms with E-state index >= 15 is 0 Å². The summed E-state index contributed by atoms with van der Waals surface area (Å²) in [6.07, 6.45) is 3.20. The first-order chi connectivity index (χ1) is 15.4. The van der Waals surface area contributed by atoms with Crippen molar-refractivity contribution in [1.82, 2.24) is 4.90 Å². The number of amides is 2. The molecule has 4 rings (SSSR count). The molecule has 2 aliphatic heterocycles. The first-order valence-electron chi connectivity index (χ1n) is 9.59. The Labute approximate surface area is 195 Å². The number of hydrogen-bond donors (Lipinski definition) is 0. The van der Waals surface area contributed by atoms with E-state index in [4.69, 9.17) is 21.7 Å². The largest absolute Gasteiger partial charge is 0.493 e. The second-order valence-electron chi connectivity index (χ2n) is 6.85. The highest BCUT2D eigenvalue weighted by atomic mass is 32.2. The lowest BCUT2D eigenvalue weighted by Gasteiger charge is -2.12. The number of hydrogen-bond acceptors (Lipinski definition) is 7. The number of carbonyl (C=O) groups excluding carboxylic acids is 2. The molecular formula is C23H19N3O4S2. The van der Waals surface area contributed by atoms with Gasteiger partial charge >= 0.3 is 0 Å². The lowest BCUT2D eigenvalue weighted by atomic mass is 10.1. The summed E-state index contributed by atoms with van der Waals surface area (Å²) in [4.78, 5) is 27.7. The van der Waals surface area contributed by atoms with Crippen LogP contribution < -0.4 is 14.5 Å². The molecule has 0 aliphatic carbocycles. The number of carbonyl (C=O) groups is 2. The van der Waals surface area contributed by atoms with Crippen molar-refractivity contribution >= 4 is 57.6 Å². The first-order valence-corrected chi connectivity index (χ1v) is 10.8. The molecule has 2 aliphatic rings. The molecule has 2 heterocycles. The zero-order valence-corrected chi connectivity index (χ0v) is 19.2. The monoisotopic (exact) mass is 465 g/mol. The van der Waals surface area contributed by atoms with Gasteiger partial charge in [-0.25, -0.2) is 0 Å². The average Bonchev–Trinajstić information content (AvgIpc) is 3.24. The van der Waals surface area contributed by atoms with Gasteiger partial charge in [0.1, 0.15) is 0 Å². The number of rotatable bonds is 5. The lowest BCUT2D eigenvalue weighted by molar-refractivity contribution is -0.120. The number of ether oxygens (including phenoxy) is 2. The summed E-state index contributed by atoms with van der Waals surface area (Å²) in [7, 11) is 3.11. The molecule has 0 radical (unpaired) electrons. The number of para-hydroxylation sites is 1. The molecule has 0 bridgehead atoms. The van der Waals surface area contributed by atoms with Gasteiger partial charge in [0, 0.05) is 6.20 Å². The van der Waals surface area contributed by atoms with E-state index in [2.05, 4.69) is 5.10 Å². The highest BCUT2D eigenvalue weighted by Gasteiger charge is 2.35. The highest BCUT2D eigenvalue weighted by Crippen LogP contribution is 2.35. The van der Waals surface area contributed by atoms with E-state index in [1.165, 1.54) is 27.9 Å². The van der Waals surface area contributed by atoms with E-state index in [9.17, 15) is 9.59 Å². The Hall–Kier alpha value is -3.43. The Bertz CT molecular complexity index is 1200. The number of anilines is 1. The molecule has 1 fully saturated rings. The number of benzene rings is 2. The molecule has 0 saturated carbocycles. The molecule has 0 unspecified atom stereocenters. The normalized spacial score (nSPS) is 18.7. The molecule has 0 spiro atoms. The van der Waals surface area contributed by atoms with Crippen LogP contribution >= 0.6 is 24.0 Å². The summed E-state index contributed by atoms with van der Waals surface area (Å²) < 4.78 is 10.9. The molecule has 2 amide bonds. The summed E-state index contributed by atoms with van der Waals surface area (Å²) in [6.45, 7) is 1.73. The minimum Gasteiger partial charge on any atom is -0.493 e. The van der Waals surface area contributed by atoms with Crippen molar-refractivity contribution in [3.05, 3.63) is 70.8 Å². The fraction of sp³-hybridized carbons (Fsp3) is 0.130. The maximum atomic E-state index is 13.0. The second kappa shape index (κ2) is 8.97. The smallest absolute Gasteiger partial charge is 0.282 e. The van der Waals surface area contributed by atoms with Crippen molar-refractivity contribution in [2.45, 2.75) is 6.92 Å². The number of methoxy groups -OCH3 is 2. The van der Waals surface area contributed by atoms with Crippen LogP contribution in [0.5, 0.6) is 11.5 Å². The van der Waals surface area contributed by atoms with Gasteiger partial charge in [-0.1, -0.05) is 48.2 Å². The summed E-state index contributed by atoms with van der Waals surface area (Å²) in [5.41, 5.74) is 2.24. The molecule has 0 atom stereocenters. The SMILES string of the molecule is COc1ccc(/C=C2/SC(=S)N(/C=C3\C(=O)N(c4ccccc4)N=C3C)C2=O)cc1OC. The van der Waals surface area contributed by atoms with Crippen molar-refractivity contribution in [3.8, 4) is 11.5 Å². The molecule has 1 saturated heterocycles. The molecular weight excluding hydrogens is 446 g/mol. The van der Waals surface area contributed by atoms with Gasteiger partial charge in [0.2, 0.25) is 0 Å².